The average molecular weight is 496 g/mol. The van der Waals surface area contributed by atoms with E-state index >= 15 is 0 Å². The topological polar surface area (TPSA) is 71.1 Å². The molecule has 0 aliphatic heterocycles. The van der Waals surface area contributed by atoms with E-state index in [4.69, 9.17) is 11.6 Å². The molecule has 1 saturated carbocycles. The Kier molecular flexibility index (Phi) is 6.83. The lowest BCUT2D eigenvalue weighted by Crippen LogP contribution is -2.18. The van der Waals surface area contributed by atoms with Gasteiger partial charge in [-0.05, 0) is 74.8 Å². The van der Waals surface area contributed by atoms with Gasteiger partial charge in [-0.3, -0.25) is 9.59 Å². The number of aryl methyl sites for hydroxylation is 1. The first-order chi connectivity index (χ1) is 16.2. The Morgan fingerprint density at radius 3 is 2.53 bits per heavy atom. The van der Waals surface area contributed by atoms with Gasteiger partial charge in [0.2, 0.25) is 5.91 Å². The molecule has 3 aromatic rings. The monoisotopic (exact) mass is 495 g/mol. The molecule has 1 aromatic heterocycles. The van der Waals surface area contributed by atoms with E-state index < -0.39 is 0 Å². The van der Waals surface area contributed by atoms with Crippen LogP contribution in [0.15, 0.2) is 48.0 Å². The Morgan fingerprint density at radius 1 is 1.15 bits per heavy atom. The molecule has 0 radical (unpaired) electrons. The molecule has 0 spiro atoms. The number of allylic oxidation sites excluding steroid dienone is 2. The maximum Gasteiger partial charge on any atom is 0.255 e. The fourth-order valence-electron chi connectivity index (χ4n) is 5.01. The van der Waals surface area contributed by atoms with Gasteiger partial charge in [0.25, 0.3) is 5.91 Å². The SMILES string of the molecule is CCC1(CC)[C@@H](C=C(C)C)[C@@H]1C(=O)Nc1nc2ccc(C(=O)Nc3c(C)cccc3Cl)cc2s1. The Hall–Kier alpha value is -2.70. The predicted octanol–water partition coefficient (Wildman–Crippen LogP) is 7.47. The summed E-state index contributed by atoms with van der Waals surface area (Å²) in [5.74, 6) is 0.0165. The summed E-state index contributed by atoms with van der Waals surface area (Å²) < 4.78 is 0.840. The summed E-state index contributed by atoms with van der Waals surface area (Å²) in [6, 6.07) is 10.8. The van der Waals surface area contributed by atoms with E-state index in [1.165, 1.54) is 16.9 Å². The van der Waals surface area contributed by atoms with Crippen LogP contribution in [0.2, 0.25) is 5.02 Å². The molecule has 0 bridgehead atoms. The van der Waals surface area contributed by atoms with Crippen LogP contribution in [0.1, 0.15) is 56.5 Å². The van der Waals surface area contributed by atoms with Crippen molar-refractivity contribution in [3.8, 4) is 0 Å². The summed E-state index contributed by atoms with van der Waals surface area (Å²) in [7, 11) is 0. The summed E-state index contributed by atoms with van der Waals surface area (Å²) in [4.78, 5) is 30.6. The number of amides is 2. The lowest BCUT2D eigenvalue weighted by molar-refractivity contribution is -0.118. The third kappa shape index (κ3) is 4.49. The number of nitrogens with one attached hydrogen (secondary N) is 2. The van der Waals surface area contributed by atoms with Gasteiger partial charge in [0, 0.05) is 5.56 Å². The fourth-order valence-corrected chi connectivity index (χ4v) is 6.19. The summed E-state index contributed by atoms with van der Waals surface area (Å²) >= 11 is 7.63. The lowest BCUT2D eigenvalue weighted by atomic mass is 9.94. The van der Waals surface area contributed by atoms with E-state index in [0.717, 1.165) is 28.6 Å². The summed E-state index contributed by atoms with van der Waals surface area (Å²) in [5, 5.41) is 7.00. The van der Waals surface area contributed by atoms with Crippen LogP contribution in [0.25, 0.3) is 10.2 Å². The molecule has 34 heavy (non-hydrogen) atoms. The molecule has 4 rings (SSSR count). The van der Waals surface area contributed by atoms with Crippen molar-refractivity contribution in [1.82, 2.24) is 4.98 Å². The van der Waals surface area contributed by atoms with Crippen LogP contribution in [0.4, 0.5) is 10.8 Å². The van der Waals surface area contributed by atoms with Gasteiger partial charge in [0.15, 0.2) is 5.13 Å². The lowest BCUT2D eigenvalue weighted by Gasteiger charge is -2.11. The molecule has 1 heterocycles. The number of thiazole rings is 1. The first-order valence-electron chi connectivity index (χ1n) is 11.6. The number of halogens is 1. The van der Waals surface area contributed by atoms with Crippen LogP contribution in [0.5, 0.6) is 0 Å². The van der Waals surface area contributed by atoms with Crippen LogP contribution in [-0.2, 0) is 4.79 Å². The molecule has 178 valence electrons. The normalized spacial score (nSPS) is 18.4. The van der Waals surface area contributed by atoms with Crippen molar-refractivity contribution >= 4 is 55.8 Å². The van der Waals surface area contributed by atoms with Crippen molar-refractivity contribution in [3.63, 3.8) is 0 Å². The quantitative estimate of drug-likeness (QED) is 0.334. The maximum atomic E-state index is 13.2. The minimum atomic E-state index is -0.240. The maximum absolute atomic E-state index is 13.2. The highest BCUT2D eigenvalue weighted by molar-refractivity contribution is 7.22. The van der Waals surface area contributed by atoms with Crippen molar-refractivity contribution < 1.29 is 9.59 Å². The molecule has 0 saturated heterocycles. The van der Waals surface area contributed by atoms with Gasteiger partial charge in [0.05, 0.1) is 26.8 Å². The second-order valence-electron chi connectivity index (χ2n) is 9.26. The number of nitrogens with zero attached hydrogens (tertiary/aromatic N) is 1. The van der Waals surface area contributed by atoms with Crippen LogP contribution in [0, 0.1) is 24.2 Å². The number of aromatic nitrogens is 1. The van der Waals surface area contributed by atoms with E-state index in [2.05, 4.69) is 49.4 Å². The van der Waals surface area contributed by atoms with Gasteiger partial charge < -0.3 is 10.6 Å². The van der Waals surface area contributed by atoms with E-state index in [9.17, 15) is 9.59 Å². The number of para-hydroxylation sites is 1. The fraction of sp³-hybridized carbons (Fsp3) is 0.370. The van der Waals surface area contributed by atoms with Gasteiger partial charge >= 0.3 is 0 Å². The van der Waals surface area contributed by atoms with Gasteiger partial charge in [-0.15, -0.1) is 0 Å². The Bertz CT molecular complexity index is 1270. The number of carbonyl (C=O) groups is 2. The number of fused-ring (bicyclic) bond motifs is 1. The molecular weight excluding hydrogens is 466 g/mol. The first-order valence-corrected chi connectivity index (χ1v) is 12.8. The van der Waals surface area contributed by atoms with Crippen molar-refractivity contribution in [2.45, 2.75) is 47.5 Å². The molecule has 1 aliphatic carbocycles. The number of rotatable bonds is 7. The van der Waals surface area contributed by atoms with Gasteiger partial charge in [-0.2, -0.15) is 0 Å². The molecule has 2 N–H and O–H groups in total. The summed E-state index contributed by atoms with van der Waals surface area (Å²) in [6.45, 7) is 10.4. The van der Waals surface area contributed by atoms with E-state index in [0.29, 0.717) is 21.4 Å². The highest BCUT2D eigenvalue weighted by Gasteiger charge is 2.64. The number of hydrogen-bond donors (Lipinski definition) is 2. The van der Waals surface area contributed by atoms with Crippen LogP contribution < -0.4 is 10.6 Å². The van der Waals surface area contributed by atoms with Crippen molar-refractivity contribution in [2.75, 3.05) is 10.6 Å². The predicted molar refractivity (Wildman–Crippen MR) is 142 cm³/mol. The van der Waals surface area contributed by atoms with Crippen molar-refractivity contribution in [1.29, 1.82) is 0 Å². The largest absolute Gasteiger partial charge is 0.320 e. The highest BCUT2D eigenvalue weighted by Crippen LogP contribution is 2.64. The first kappa shape index (κ1) is 24.4. The van der Waals surface area contributed by atoms with E-state index in [1.807, 2.05) is 19.1 Å². The van der Waals surface area contributed by atoms with Crippen LogP contribution in [0.3, 0.4) is 0 Å². The van der Waals surface area contributed by atoms with Gasteiger partial charge in [-0.1, -0.05) is 60.6 Å². The third-order valence-corrected chi connectivity index (χ3v) is 8.23. The zero-order valence-corrected chi connectivity index (χ0v) is 21.7. The molecule has 2 aromatic carbocycles. The molecule has 5 nitrogen and oxygen atoms in total. The second kappa shape index (κ2) is 9.51. The number of hydrogen-bond acceptors (Lipinski definition) is 4. The highest BCUT2D eigenvalue weighted by atomic mass is 35.5. The standard InChI is InChI=1S/C27H30ClN3O2S/c1-6-27(7-2)18(13-15(3)4)22(27)25(33)31-26-29-20-12-11-17(14-21(20)34-26)24(32)30-23-16(5)9-8-10-19(23)28/h8-14,18,22H,6-7H2,1-5H3,(H,30,32)(H,29,31,33)/t18-,22+/m0/s1. The van der Waals surface area contributed by atoms with Crippen molar-refractivity contribution in [3.05, 3.63) is 64.2 Å². The van der Waals surface area contributed by atoms with Crippen molar-refractivity contribution in [2.24, 2.45) is 17.3 Å². The number of anilines is 2. The molecular formula is C27H30ClN3O2S. The zero-order valence-electron chi connectivity index (χ0n) is 20.2. The van der Waals surface area contributed by atoms with Gasteiger partial charge in [-0.25, -0.2) is 4.98 Å². The van der Waals surface area contributed by atoms with E-state index in [1.54, 1.807) is 24.3 Å². The number of carbonyl (C=O) groups excluding carboxylic acids is 2. The van der Waals surface area contributed by atoms with E-state index in [-0.39, 0.29) is 29.1 Å². The minimum absolute atomic E-state index is 0.0254. The smallest absolute Gasteiger partial charge is 0.255 e. The molecule has 0 unspecified atom stereocenters. The molecule has 2 amide bonds. The van der Waals surface area contributed by atoms with Gasteiger partial charge in [0.1, 0.15) is 0 Å². The summed E-state index contributed by atoms with van der Waals surface area (Å²) in [5.41, 5.74) is 4.03. The second-order valence-corrected chi connectivity index (χ2v) is 10.7. The molecule has 2 atom stereocenters. The molecule has 1 fully saturated rings. The Morgan fingerprint density at radius 2 is 1.88 bits per heavy atom. The van der Waals surface area contributed by atoms with Crippen LogP contribution in [-0.4, -0.2) is 16.8 Å². The molecule has 1 aliphatic rings. The number of benzene rings is 2. The molecule has 7 heteroatoms. The Labute approximate surface area is 209 Å². The summed E-state index contributed by atoms with van der Waals surface area (Å²) in [6.07, 6.45) is 4.18. The zero-order chi connectivity index (χ0) is 24.6. The minimum Gasteiger partial charge on any atom is -0.320 e. The average Bonchev–Trinajstić information content (AvgIpc) is 3.24. The Balaban J connectivity index is 1.52. The van der Waals surface area contributed by atoms with Crippen LogP contribution >= 0.6 is 22.9 Å². The third-order valence-electron chi connectivity index (χ3n) is 6.99.